The fraction of sp³-hybridized carbons (Fsp3) is 0.250. The number of carbonyl (C=O) groups excluding carboxylic acids is 2. The third-order valence-corrected chi connectivity index (χ3v) is 6.95. The smallest absolute Gasteiger partial charge is 0.261 e. The summed E-state index contributed by atoms with van der Waals surface area (Å²) >= 11 is 12.4. The van der Waals surface area contributed by atoms with E-state index in [9.17, 15) is 9.59 Å². The van der Waals surface area contributed by atoms with Crippen molar-refractivity contribution < 1.29 is 14.3 Å². The maximum absolute atomic E-state index is 13.9. The molecule has 1 unspecified atom stereocenters. The van der Waals surface area contributed by atoms with Crippen LogP contribution in [0.15, 0.2) is 91.0 Å². The molecule has 0 bridgehead atoms. The SMILES string of the molecule is CC(C)(C)NC(=O)C(Cc1ccccc1)N(Cc1ccc(Cl)c(Cl)c1)C(=O)COc1cccc2ccccc12. The second kappa shape index (κ2) is 12.5. The van der Waals surface area contributed by atoms with Crippen molar-refractivity contribution in [3.63, 3.8) is 0 Å². The van der Waals surface area contributed by atoms with E-state index in [2.05, 4.69) is 5.32 Å². The molecule has 1 atom stereocenters. The number of halogens is 2. The van der Waals surface area contributed by atoms with Gasteiger partial charge in [0.1, 0.15) is 11.8 Å². The Labute approximate surface area is 239 Å². The van der Waals surface area contributed by atoms with Crippen molar-refractivity contribution in [1.29, 1.82) is 0 Å². The van der Waals surface area contributed by atoms with Gasteiger partial charge in [0.2, 0.25) is 5.91 Å². The summed E-state index contributed by atoms with van der Waals surface area (Å²) in [6.07, 6.45) is 0.337. The predicted molar refractivity (Wildman–Crippen MR) is 158 cm³/mol. The Morgan fingerprint density at radius 2 is 1.54 bits per heavy atom. The van der Waals surface area contributed by atoms with Gasteiger partial charge in [0, 0.05) is 23.9 Å². The lowest BCUT2D eigenvalue weighted by Crippen LogP contribution is -2.55. The first kappa shape index (κ1) is 28.5. The Morgan fingerprint density at radius 1 is 0.846 bits per heavy atom. The fourth-order valence-corrected chi connectivity index (χ4v) is 4.71. The topological polar surface area (TPSA) is 58.6 Å². The predicted octanol–water partition coefficient (Wildman–Crippen LogP) is 7.08. The van der Waals surface area contributed by atoms with Crippen LogP contribution >= 0.6 is 23.2 Å². The van der Waals surface area contributed by atoms with Gasteiger partial charge in [0.05, 0.1) is 10.0 Å². The Balaban J connectivity index is 1.68. The van der Waals surface area contributed by atoms with Crippen LogP contribution in [0, 0.1) is 0 Å². The van der Waals surface area contributed by atoms with Crippen LogP contribution in [0.4, 0.5) is 0 Å². The molecule has 4 aromatic carbocycles. The van der Waals surface area contributed by atoms with E-state index in [1.165, 1.54) is 0 Å². The van der Waals surface area contributed by atoms with Crippen molar-refractivity contribution in [2.45, 2.75) is 45.3 Å². The Kier molecular flexibility index (Phi) is 9.16. The minimum Gasteiger partial charge on any atom is -0.483 e. The molecule has 0 aliphatic carbocycles. The van der Waals surface area contributed by atoms with Gasteiger partial charge in [-0.1, -0.05) is 96.0 Å². The van der Waals surface area contributed by atoms with E-state index >= 15 is 0 Å². The number of rotatable bonds is 9. The molecule has 0 fully saturated rings. The lowest BCUT2D eigenvalue weighted by molar-refractivity contribution is -0.143. The van der Waals surface area contributed by atoms with Crippen LogP contribution in [-0.2, 0) is 22.6 Å². The van der Waals surface area contributed by atoms with E-state index in [1.54, 1.807) is 23.1 Å². The first-order chi connectivity index (χ1) is 18.6. The normalized spacial score (nSPS) is 12.1. The first-order valence-corrected chi connectivity index (χ1v) is 13.6. The summed E-state index contributed by atoms with van der Waals surface area (Å²) in [5, 5.41) is 5.79. The number of hydrogen-bond donors (Lipinski definition) is 1. The maximum Gasteiger partial charge on any atom is 0.261 e. The summed E-state index contributed by atoms with van der Waals surface area (Å²) in [4.78, 5) is 29.1. The highest BCUT2D eigenvalue weighted by atomic mass is 35.5. The summed E-state index contributed by atoms with van der Waals surface area (Å²) in [5.74, 6) is 0.0404. The molecule has 202 valence electrons. The van der Waals surface area contributed by atoms with E-state index in [-0.39, 0.29) is 25.0 Å². The number of nitrogens with one attached hydrogen (secondary N) is 1. The summed E-state index contributed by atoms with van der Waals surface area (Å²) < 4.78 is 6.05. The zero-order valence-corrected chi connectivity index (χ0v) is 23.8. The van der Waals surface area contributed by atoms with Crippen LogP contribution in [-0.4, -0.2) is 34.9 Å². The number of nitrogens with zero attached hydrogens (tertiary/aromatic N) is 1. The van der Waals surface area contributed by atoms with Gasteiger partial charge in [0.15, 0.2) is 6.61 Å². The van der Waals surface area contributed by atoms with E-state index in [1.807, 2.05) is 93.6 Å². The average Bonchev–Trinajstić information content (AvgIpc) is 2.90. The third-order valence-electron chi connectivity index (χ3n) is 6.21. The molecular formula is C32H32Cl2N2O3. The number of ether oxygens (including phenoxy) is 1. The van der Waals surface area contributed by atoms with E-state index in [4.69, 9.17) is 27.9 Å². The maximum atomic E-state index is 13.9. The lowest BCUT2D eigenvalue weighted by atomic mass is 10.0. The minimum atomic E-state index is -0.787. The largest absolute Gasteiger partial charge is 0.483 e. The van der Waals surface area contributed by atoms with Gasteiger partial charge < -0.3 is 15.0 Å². The molecule has 0 aliphatic heterocycles. The molecule has 7 heteroatoms. The Hall–Kier alpha value is -3.54. The second-order valence-electron chi connectivity index (χ2n) is 10.5. The van der Waals surface area contributed by atoms with Crippen molar-refractivity contribution in [2.24, 2.45) is 0 Å². The Bertz CT molecular complexity index is 1450. The minimum absolute atomic E-state index is 0.156. The quantitative estimate of drug-likeness (QED) is 0.237. The third kappa shape index (κ3) is 7.75. The standard InChI is InChI=1S/C32H32Cl2N2O3/c1-32(2,3)35-31(38)28(19-22-10-5-4-6-11-22)36(20-23-16-17-26(33)27(34)18-23)30(37)21-39-29-15-9-13-24-12-7-8-14-25(24)29/h4-18,28H,19-21H2,1-3H3,(H,35,38). The highest BCUT2D eigenvalue weighted by molar-refractivity contribution is 6.42. The van der Waals surface area contributed by atoms with Gasteiger partial charge in [-0.15, -0.1) is 0 Å². The number of fused-ring (bicyclic) bond motifs is 1. The van der Waals surface area contributed by atoms with Crippen LogP contribution in [0.2, 0.25) is 10.0 Å². The van der Waals surface area contributed by atoms with Gasteiger partial charge in [-0.3, -0.25) is 9.59 Å². The lowest BCUT2D eigenvalue weighted by Gasteiger charge is -2.34. The molecule has 1 N–H and O–H groups in total. The zero-order valence-electron chi connectivity index (χ0n) is 22.3. The molecule has 4 rings (SSSR count). The van der Waals surface area contributed by atoms with Gasteiger partial charge in [0.25, 0.3) is 5.91 Å². The first-order valence-electron chi connectivity index (χ1n) is 12.8. The summed E-state index contributed by atoms with van der Waals surface area (Å²) in [7, 11) is 0. The molecule has 0 radical (unpaired) electrons. The highest BCUT2D eigenvalue weighted by Gasteiger charge is 2.32. The zero-order chi connectivity index (χ0) is 28.0. The molecule has 0 aliphatic rings. The van der Waals surface area contributed by atoms with Crippen LogP contribution in [0.25, 0.3) is 10.8 Å². The number of benzene rings is 4. The van der Waals surface area contributed by atoms with Crippen molar-refractivity contribution >= 4 is 45.8 Å². The summed E-state index contributed by atoms with van der Waals surface area (Å²) in [6.45, 7) is 5.67. The van der Waals surface area contributed by atoms with Gasteiger partial charge >= 0.3 is 0 Å². The van der Waals surface area contributed by atoms with E-state index < -0.39 is 11.6 Å². The van der Waals surface area contributed by atoms with Gasteiger partial charge in [-0.05, 0) is 55.5 Å². The molecule has 0 spiro atoms. The van der Waals surface area contributed by atoms with Crippen LogP contribution in [0.1, 0.15) is 31.9 Å². The molecule has 5 nitrogen and oxygen atoms in total. The number of carbonyl (C=O) groups is 2. The van der Waals surface area contributed by atoms with Gasteiger partial charge in [-0.25, -0.2) is 0 Å². The molecule has 2 amide bonds. The molecule has 0 saturated carbocycles. The average molecular weight is 564 g/mol. The number of amides is 2. The summed E-state index contributed by atoms with van der Waals surface area (Å²) in [5.41, 5.74) is 1.21. The number of hydrogen-bond acceptors (Lipinski definition) is 3. The molecular weight excluding hydrogens is 531 g/mol. The van der Waals surface area contributed by atoms with Crippen LogP contribution in [0.5, 0.6) is 5.75 Å². The molecule has 39 heavy (non-hydrogen) atoms. The van der Waals surface area contributed by atoms with Crippen LogP contribution in [0.3, 0.4) is 0 Å². The van der Waals surface area contributed by atoms with Crippen molar-refractivity contribution in [3.05, 3.63) is 112 Å². The highest BCUT2D eigenvalue weighted by Crippen LogP contribution is 2.27. The van der Waals surface area contributed by atoms with Crippen LogP contribution < -0.4 is 10.1 Å². The fourth-order valence-electron chi connectivity index (χ4n) is 4.39. The van der Waals surface area contributed by atoms with Gasteiger partial charge in [-0.2, -0.15) is 0 Å². The molecule has 0 heterocycles. The van der Waals surface area contributed by atoms with E-state index in [0.29, 0.717) is 22.2 Å². The second-order valence-corrected chi connectivity index (χ2v) is 11.3. The molecule has 0 aromatic heterocycles. The van der Waals surface area contributed by atoms with Crippen molar-refractivity contribution in [1.82, 2.24) is 10.2 Å². The van der Waals surface area contributed by atoms with Crippen molar-refractivity contribution in [2.75, 3.05) is 6.61 Å². The molecule has 0 saturated heterocycles. The monoisotopic (exact) mass is 562 g/mol. The Morgan fingerprint density at radius 3 is 2.26 bits per heavy atom. The molecule has 4 aromatic rings. The van der Waals surface area contributed by atoms with E-state index in [0.717, 1.165) is 21.9 Å². The van der Waals surface area contributed by atoms with Crippen molar-refractivity contribution in [3.8, 4) is 5.75 Å². The summed E-state index contributed by atoms with van der Waals surface area (Å²) in [6, 6.07) is 27.7.